The van der Waals surface area contributed by atoms with Gasteiger partial charge in [-0.25, -0.2) is 4.68 Å². The third kappa shape index (κ3) is 2.01. The van der Waals surface area contributed by atoms with Gasteiger partial charge in [0.15, 0.2) is 0 Å². The first-order valence-electron chi connectivity index (χ1n) is 4.48. The second-order valence-electron chi connectivity index (χ2n) is 3.11. The maximum atomic E-state index is 11.5. The lowest BCUT2D eigenvalue weighted by molar-refractivity contribution is 0.640. The van der Waals surface area contributed by atoms with Gasteiger partial charge in [0, 0.05) is 18.6 Å². The Labute approximate surface area is 86.2 Å². The van der Waals surface area contributed by atoms with Crippen molar-refractivity contribution in [2.75, 3.05) is 5.73 Å². The van der Waals surface area contributed by atoms with Crippen molar-refractivity contribution in [1.82, 2.24) is 14.8 Å². The first-order valence-corrected chi connectivity index (χ1v) is 4.48. The molecule has 0 spiro atoms. The molecule has 0 saturated carbocycles. The Morgan fingerprint density at radius 2 is 2.20 bits per heavy atom. The van der Waals surface area contributed by atoms with Crippen LogP contribution in [0.1, 0.15) is 5.56 Å². The van der Waals surface area contributed by atoms with E-state index in [2.05, 4.69) is 10.1 Å². The maximum Gasteiger partial charge on any atom is 0.290 e. The van der Waals surface area contributed by atoms with Gasteiger partial charge in [-0.3, -0.25) is 9.78 Å². The van der Waals surface area contributed by atoms with Crippen LogP contribution in [0.3, 0.4) is 0 Å². The van der Waals surface area contributed by atoms with Crippen molar-refractivity contribution in [3.05, 3.63) is 52.7 Å². The smallest absolute Gasteiger partial charge is 0.290 e. The molecule has 0 aliphatic heterocycles. The zero-order valence-electron chi connectivity index (χ0n) is 8.00. The van der Waals surface area contributed by atoms with Crippen LogP contribution >= 0.6 is 0 Å². The number of nitrogens with zero attached hydrogens (tertiary/aromatic N) is 3. The molecule has 0 saturated heterocycles. The molecular weight excluding hydrogens is 192 g/mol. The SMILES string of the molecule is Nc1ccnn(Cc2cccnc2)c1=O. The zero-order valence-corrected chi connectivity index (χ0v) is 8.00. The monoisotopic (exact) mass is 202 g/mol. The summed E-state index contributed by atoms with van der Waals surface area (Å²) in [5.74, 6) is 0. The molecule has 2 heterocycles. The highest BCUT2D eigenvalue weighted by atomic mass is 16.1. The fourth-order valence-electron chi connectivity index (χ4n) is 1.24. The third-order valence-electron chi connectivity index (χ3n) is 2.00. The van der Waals surface area contributed by atoms with E-state index in [1.807, 2.05) is 12.1 Å². The van der Waals surface area contributed by atoms with Crippen LogP contribution in [0.2, 0.25) is 0 Å². The maximum absolute atomic E-state index is 11.5. The summed E-state index contributed by atoms with van der Waals surface area (Å²) in [6, 6.07) is 5.18. The van der Waals surface area contributed by atoms with Crippen molar-refractivity contribution >= 4 is 5.69 Å². The number of hydrogen-bond acceptors (Lipinski definition) is 4. The van der Waals surface area contributed by atoms with Gasteiger partial charge in [0.25, 0.3) is 5.56 Å². The van der Waals surface area contributed by atoms with E-state index in [0.717, 1.165) is 5.56 Å². The number of rotatable bonds is 2. The number of nitrogens with two attached hydrogens (primary N) is 1. The molecule has 2 aromatic rings. The van der Waals surface area contributed by atoms with E-state index in [1.165, 1.54) is 16.9 Å². The molecule has 5 nitrogen and oxygen atoms in total. The highest BCUT2D eigenvalue weighted by molar-refractivity contribution is 5.32. The van der Waals surface area contributed by atoms with Gasteiger partial charge in [-0.05, 0) is 17.7 Å². The second kappa shape index (κ2) is 3.91. The van der Waals surface area contributed by atoms with Crippen molar-refractivity contribution in [2.45, 2.75) is 6.54 Å². The van der Waals surface area contributed by atoms with Crippen molar-refractivity contribution in [2.24, 2.45) is 0 Å². The predicted molar refractivity (Wildman–Crippen MR) is 56.2 cm³/mol. The van der Waals surface area contributed by atoms with Crippen LogP contribution in [0.4, 0.5) is 5.69 Å². The molecule has 0 aliphatic rings. The van der Waals surface area contributed by atoms with E-state index in [0.29, 0.717) is 6.54 Å². The normalized spacial score (nSPS) is 10.1. The number of aromatic nitrogens is 3. The second-order valence-corrected chi connectivity index (χ2v) is 3.11. The van der Waals surface area contributed by atoms with Crippen molar-refractivity contribution in [1.29, 1.82) is 0 Å². The molecule has 2 N–H and O–H groups in total. The fraction of sp³-hybridized carbons (Fsp3) is 0.100. The summed E-state index contributed by atoms with van der Waals surface area (Å²) in [5, 5.41) is 3.93. The van der Waals surface area contributed by atoms with Gasteiger partial charge in [-0.1, -0.05) is 6.07 Å². The molecule has 76 valence electrons. The van der Waals surface area contributed by atoms with E-state index in [9.17, 15) is 4.79 Å². The van der Waals surface area contributed by atoms with E-state index >= 15 is 0 Å². The molecule has 0 unspecified atom stereocenters. The summed E-state index contributed by atoms with van der Waals surface area (Å²) < 4.78 is 1.31. The average Bonchev–Trinajstić information content (AvgIpc) is 2.26. The molecule has 5 heteroatoms. The molecule has 0 radical (unpaired) electrons. The van der Waals surface area contributed by atoms with E-state index in [1.54, 1.807) is 12.4 Å². The third-order valence-corrected chi connectivity index (χ3v) is 2.00. The molecule has 2 rings (SSSR count). The Kier molecular flexibility index (Phi) is 2.45. The molecule has 0 fully saturated rings. The van der Waals surface area contributed by atoms with Gasteiger partial charge < -0.3 is 5.73 Å². The molecule has 0 aliphatic carbocycles. The van der Waals surface area contributed by atoms with Gasteiger partial charge in [-0.15, -0.1) is 0 Å². The zero-order chi connectivity index (χ0) is 10.7. The van der Waals surface area contributed by atoms with Crippen molar-refractivity contribution in [3.8, 4) is 0 Å². The van der Waals surface area contributed by atoms with Crippen molar-refractivity contribution < 1.29 is 0 Å². The van der Waals surface area contributed by atoms with Crippen LogP contribution in [0.15, 0.2) is 41.6 Å². The Hall–Kier alpha value is -2.17. The minimum absolute atomic E-state index is 0.203. The topological polar surface area (TPSA) is 73.8 Å². The molecular formula is C10H10N4O. The molecule has 0 amide bonds. The lowest BCUT2D eigenvalue weighted by Crippen LogP contribution is -2.25. The Balaban J connectivity index is 2.33. The predicted octanol–water partition coefficient (Wildman–Crippen LogP) is 0.269. The summed E-state index contributed by atoms with van der Waals surface area (Å²) in [6.07, 6.45) is 4.88. The number of pyridine rings is 1. The van der Waals surface area contributed by atoms with Crippen LogP contribution in [-0.2, 0) is 6.54 Å². The first-order chi connectivity index (χ1) is 7.27. The lowest BCUT2D eigenvalue weighted by atomic mass is 10.3. The Bertz CT molecular complexity index is 506. The summed E-state index contributed by atoms with van der Waals surface area (Å²) in [5.41, 5.74) is 6.33. The van der Waals surface area contributed by atoms with Gasteiger partial charge in [0.1, 0.15) is 5.69 Å². The highest BCUT2D eigenvalue weighted by Crippen LogP contribution is 1.97. The molecule has 15 heavy (non-hydrogen) atoms. The van der Waals surface area contributed by atoms with E-state index in [-0.39, 0.29) is 11.2 Å². The fourth-order valence-corrected chi connectivity index (χ4v) is 1.24. The van der Waals surface area contributed by atoms with E-state index < -0.39 is 0 Å². The van der Waals surface area contributed by atoms with Crippen LogP contribution in [-0.4, -0.2) is 14.8 Å². The Morgan fingerprint density at radius 1 is 1.33 bits per heavy atom. The molecule has 0 aromatic carbocycles. The van der Waals surface area contributed by atoms with Gasteiger partial charge in [-0.2, -0.15) is 5.10 Å². The summed E-state index contributed by atoms with van der Waals surface area (Å²) in [7, 11) is 0. The largest absolute Gasteiger partial charge is 0.394 e. The van der Waals surface area contributed by atoms with Crippen molar-refractivity contribution in [3.63, 3.8) is 0 Å². The lowest BCUT2D eigenvalue weighted by Gasteiger charge is -2.03. The summed E-state index contributed by atoms with van der Waals surface area (Å²) in [6.45, 7) is 0.387. The van der Waals surface area contributed by atoms with Gasteiger partial charge >= 0.3 is 0 Å². The number of hydrogen-bond donors (Lipinski definition) is 1. The first kappa shape index (κ1) is 9.39. The van der Waals surface area contributed by atoms with Crippen LogP contribution < -0.4 is 11.3 Å². The number of anilines is 1. The minimum Gasteiger partial charge on any atom is -0.394 e. The summed E-state index contributed by atoms with van der Waals surface area (Å²) >= 11 is 0. The summed E-state index contributed by atoms with van der Waals surface area (Å²) in [4.78, 5) is 15.5. The standard InChI is InChI=1S/C10H10N4O/c11-9-3-5-13-14(10(9)15)7-8-2-1-4-12-6-8/h1-6H,7,11H2. The van der Waals surface area contributed by atoms with Gasteiger partial charge in [0.2, 0.25) is 0 Å². The molecule has 0 atom stereocenters. The van der Waals surface area contributed by atoms with Crippen LogP contribution in [0.25, 0.3) is 0 Å². The van der Waals surface area contributed by atoms with Crippen LogP contribution in [0, 0.1) is 0 Å². The van der Waals surface area contributed by atoms with Gasteiger partial charge in [0.05, 0.1) is 6.54 Å². The average molecular weight is 202 g/mol. The van der Waals surface area contributed by atoms with Crippen LogP contribution in [0.5, 0.6) is 0 Å². The quantitative estimate of drug-likeness (QED) is 0.758. The molecule has 2 aromatic heterocycles. The van der Waals surface area contributed by atoms with E-state index in [4.69, 9.17) is 5.73 Å². The molecule has 0 bridgehead atoms. The Morgan fingerprint density at radius 3 is 2.93 bits per heavy atom. The number of nitrogen functional groups attached to an aromatic ring is 1. The minimum atomic E-state index is -0.277. The highest BCUT2D eigenvalue weighted by Gasteiger charge is 2.01.